The highest BCUT2D eigenvalue weighted by molar-refractivity contribution is 5.72. The van der Waals surface area contributed by atoms with Gasteiger partial charge < -0.3 is 20.1 Å². The Balaban J connectivity index is 1.43. The number of methoxy groups -OCH3 is 1. The number of rotatable bonds is 7. The molecule has 10 nitrogen and oxygen atoms in total. The van der Waals surface area contributed by atoms with E-state index >= 15 is 0 Å². The van der Waals surface area contributed by atoms with Crippen molar-refractivity contribution in [3.63, 3.8) is 0 Å². The zero-order valence-electron chi connectivity index (χ0n) is 17.7. The number of hydrogen-bond acceptors (Lipinski definition) is 7. The molecule has 3 heterocycles. The maximum Gasteiger partial charge on any atom is 0.407 e. The molecule has 1 aliphatic rings. The molecule has 2 unspecified atom stereocenters. The van der Waals surface area contributed by atoms with Crippen molar-refractivity contribution < 1.29 is 18.7 Å². The normalized spacial score (nSPS) is 18.6. The van der Waals surface area contributed by atoms with Gasteiger partial charge in [0.1, 0.15) is 11.6 Å². The summed E-state index contributed by atoms with van der Waals surface area (Å²) in [6.07, 6.45) is 3.10. The van der Waals surface area contributed by atoms with Gasteiger partial charge in [0.25, 0.3) is 0 Å². The number of nitrogens with one attached hydrogen (secondary N) is 3. The molecule has 1 amide bonds. The van der Waals surface area contributed by atoms with Crippen LogP contribution >= 0.6 is 0 Å². The molecular formula is C20H26FN7O3. The molecule has 166 valence electrons. The molecule has 0 aromatic carbocycles. The third kappa shape index (κ3) is 4.93. The van der Waals surface area contributed by atoms with E-state index in [1.807, 2.05) is 19.9 Å². The summed E-state index contributed by atoms with van der Waals surface area (Å²) in [7, 11) is 1.57. The fraction of sp³-hybridized carbons (Fsp3) is 0.500. The number of nitrogens with zero attached hydrogens (tertiary/aromatic N) is 4. The van der Waals surface area contributed by atoms with E-state index in [0.717, 1.165) is 25.0 Å². The number of amides is 1. The lowest BCUT2D eigenvalue weighted by Crippen LogP contribution is -2.33. The minimum atomic E-state index is -0.659. The Kier molecular flexibility index (Phi) is 6.03. The molecule has 11 heteroatoms. The zero-order chi connectivity index (χ0) is 22.0. The summed E-state index contributed by atoms with van der Waals surface area (Å²) in [5, 5.41) is 17.4. The fourth-order valence-corrected chi connectivity index (χ4v) is 3.81. The monoisotopic (exact) mass is 431 g/mol. The molecular weight excluding hydrogens is 405 g/mol. The Hall–Kier alpha value is -3.21. The zero-order valence-corrected chi connectivity index (χ0v) is 17.7. The molecule has 1 saturated carbocycles. The largest absolute Gasteiger partial charge is 0.446 e. The number of aromatic nitrogens is 5. The number of carbonyl (C=O) groups excluding carboxylic acids is 1. The lowest BCUT2D eigenvalue weighted by atomic mass is 10.0. The maximum absolute atomic E-state index is 14.0. The molecule has 0 saturated heterocycles. The first-order valence-corrected chi connectivity index (χ1v) is 10.2. The molecule has 4 rings (SSSR count). The molecule has 3 N–H and O–H groups in total. The number of alkyl carbamates (subject to hydrolysis) is 1. The molecule has 0 aliphatic heterocycles. The highest BCUT2D eigenvalue weighted by Crippen LogP contribution is 2.36. The van der Waals surface area contributed by atoms with Gasteiger partial charge in [0.2, 0.25) is 5.95 Å². The van der Waals surface area contributed by atoms with Gasteiger partial charge in [-0.15, -0.1) is 0 Å². The quantitative estimate of drug-likeness (QED) is 0.525. The Morgan fingerprint density at radius 3 is 3.00 bits per heavy atom. The van der Waals surface area contributed by atoms with Crippen LogP contribution in [0.4, 0.5) is 20.8 Å². The molecule has 31 heavy (non-hydrogen) atoms. The summed E-state index contributed by atoms with van der Waals surface area (Å²) >= 11 is 0. The average molecular weight is 431 g/mol. The van der Waals surface area contributed by atoms with Crippen LogP contribution in [-0.4, -0.2) is 50.1 Å². The van der Waals surface area contributed by atoms with Gasteiger partial charge in [0.15, 0.2) is 11.6 Å². The van der Waals surface area contributed by atoms with Crippen LogP contribution in [0.3, 0.4) is 0 Å². The highest BCUT2D eigenvalue weighted by Gasteiger charge is 2.30. The van der Waals surface area contributed by atoms with Crippen LogP contribution in [0.15, 0.2) is 18.3 Å². The predicted octanol–water partition coefficient (Wildman–Crippen LogP) is 3.25. The number of fused-ring (bicyclic) bond motifs is 1. The molecule has 2 atom stereocenters. The Bertz CT molecular complexity index is 1060. The molecule has 0 bridgehead atoms. The van der Waals surface area contributed by atoms with Crippen LogP contribution in [0, 0.1) is 5.95 Å². The number of halogens is 1. The topological polar surface area (TPSA) is 118 Å². The summed E-state index contributed by atoms with van der Waals surface area (Å²) in [5.41, 5.74) is 2.21. The molecule has 0 spiro atoms. The van der Waals surface area contributed by atoms with E-state index in [1.54, 1.807) is 13.2 Å². The molecule has 1 aliphatic carbocycles. The lowest BCUT2D eigenvalue weighted by molar-refractivity contribution is 0.0981. The van der Waals surface area contributed by atoms with E-state index < -0.39 is 5.95 Å². The molecule has 3 aromatic rings. The second-order valence-corrected chi connectivity index (χ2v) is 7.98. The van der Waals surface area contributed by atoms with E-state index in [1.165, 1.54) is 10.7 Å². The third-order valence-corrected chi connectivity index (χ3v) is 5.12. The van der Waals surface area contributed by atoms with Gasteiger partial charge in [-0.25, -0.2) is 9.31 Å². The van der Waals surface area contributed by atoms with E-state index in [0.29, 0.717) is 29.5 Å². The van der Waals surface area contributed by atoms with Crippen molar-refractivity contribution in [3.8, 4) is 0 Å². The number of ether oxygens (including phenoxy) is 2. The molecule has 0 radical (unpaired) electrons. The highest BCUT2D eigenvalue weighted by atomic mass is 19.1. The number of hydrogen-bond donors (Lipinski definition) is 3. The summed E-state index contributed by atoms with van der Waals surface area (Å²) < 4.78 is 26.0. The van der Waals surface area contributed by atoms with Gasteiger partial charge in [-0.3, -0.25) is 5.10 Å². The minimum Gasteiger partial charge on any atom is -0.446 e. The summed E-state index contributed by atoms with van der Waals surface area (Å²) in [6, 6.07) is 3.69. The van der Waals surface area contributed by atoms with Gasteiger partial charge in [-0.2, -0.15) is 19.6 Å². The summed E-state index contributed by atoms with van der Waals surface area (Å²) in [5.74, 6) is 0.370. The molecule has 1 fully saturated rings. The van der Waals surface area contributed by atoms with Crippen molar-refractivity contribution >= 4 is 23.2 Å². The van der Waals surface area contributed by atoms with Crippen molar-refractivity contribution in [2.45, 2.75) is 57.8 Å². The summed E-state index contributed by atoms with van der Waals surface area (Å²) in [6.45, 7) is 4.10. The van der Waals surface area contributed by atoms with Gasteiger partial charge in [0.05, 0.1) is 18.5 Å². The van der Waals surface area contributed by atoms with Crippen molar-refractivity contribution in [1.82, 2.24) is 30.1 Å². The van der Waals surface area contributed by atoms with E-state index in [-0.39, 0.29) is 24.2 Å². The van der Waals surface area contributed by atoms with Crippen molar-refractivity contribution in [2.24, 2.45) is 0 Å². The second kappa shape index (κ2) is 8.88. The first-order chi connectivity index (χ1) is 14.9. The van der Waals surface area contributed by atoms with Gasteiger partial charge in [-0.05, 0) is 39.2 Å². The lowest BCUT2D eigenvalue weighted by Gasteiger charge is -2.14. The van der Waals surface area contributed by atoms with Crippen LogP contribution in [0.2, 0.25) is 0 Å². The number of carbonyl (C=O) groups is 1. The Labute approximate surface area is 178 Å². The van der Waals surface area contributed by atoms with Crippen LogP contribution in [0.25, 0.3) is 5.52 Å². The third-order valence-electron chi connectivity index (χ3n) is 5.12. The minimum absolute atomic E-state index is 0.0372. The van der Waals surface area contributed by atoms with Crippen LogP contribution in [0.1, 0.15) is 50.4 Å². The average Bonchev–Trinajstić information content (AvgIpc) is 3.41. The van der Waals surface area contributed by atoms with Crippen LogP contribution in [0.5, 0.6) is 0 Å². The maximum atomic E-state index is 14.0. The Morgan fingerprint density at radius 1 is 1.39 bits per heavy atom. The standard InChI is InChI=1S/C20H26FN7O3/c1-11(2)22-20(29)31-14-5-4-12(6-14)15-8-18(26-25-15)24-19-16-7-13(10-30-3)27-28(16)9-17(21)23-19/h7-9,11-12,14H,4-6,10H2,1-3H3,(H,22,29)(H2,23,24,25,26). The first-order valence-electron chi connectivity index (χ1n) is 10.2. The number of aromatic amines is 1. The van der Waals surface area contributed by atoms with E-state index in [4.69, 9.17) is 9.47 Å². The van der Waals surface area contributed by atoms with Gasteiger partial charge in [-0.1, -0.05) is 0 Å². The Morgan fingerprint density at radius 2 is 2.23 bits per heavy atom. The van der Waals surface area contributed by atoms with Crippen molar-refractivity contribution in [1.29, 1.82) is 0 Å². The fourth-order valence-electron chi connectivity index (χ4n) is 3.81. The summed E-state index contributed by atoms with van der Waals surface area (Å²) in [4.78, 5) is 15.8. The van der Waals surface area contributed by atoms with Gasteiger partial charge >= 0.3 is 6.09 Å². The van der Waals surface area contributed by atoms with E-state index in [2.05, 4.69) is 30.9 Å². The SMILES string of the molecule is COCc1cc2c(Nc3cc(C4CCC(OC(=O)NC(C)C)C4)[nH]n3)nc(F)cn2n1. The second-order valence-electron chi connectivity index (χ2n) is 7.98. The number of anilines is 2. The smallest absolute Gasteiger partial charge is 0.407 e. The van der Waals surface area contributed by atoms with Crippen LogP contribution < -0.4 is 10.6 Å². The molecule has 3 aromatic heterocycles. The van der Waals surface area contributed by atoms with Crippen molar-refractivity contribution in [3.05, 3.63) is 35.7 Å². The van der Waals surface area contributed by atoms with Gasteiger partial charge in [0, 0.05) is 30.8 Å². The number of H-pyrrole nitrogens is 1. The van der Waals surface area contributed by atoms with Crippen LogP contribution in [-0.2, 0) is 16.1 Å². The van der Waals surface area contributed by atoms with E-state index in [9.17, 15) is 9.18 Å². The van der Waals surface area contributed by atoms with Crippen molar-refractivity contribution in [2.75, 3.05) is 12.4 Å². The first kappa shape index (κ1) is 21.0. The predicted molar refractivity (Wildman–Crippen MR) is 111 cm³/mol.